The molecule has 0 aliphatic carbocycles. The zero-order valence-corrected chi connectivity index (χ0v) is 9.20. The minimum atomic E-state index is 0.259. The Bertz CT molecular complexity index is 359. The van der Waals surface area contributed by atoms with E-state index in [0.29, 0.717) is 6.54 Å². The Kier molecular flexibility index (Phi) is 3.17. The lowest BCUT2D eigenvalue weighted by Gasteiger charge is -2.18. The smallest absolute Gasteiger partial charge is 0.143 e. The highest BCUT2D eigenvalue weighted by molar-refractivity contribution is 5.77. The van der Waals surface area contributed by atoms with Crippen LogP contribution in [0.5, 0.6) is 0 Å². The molecule has 1 aliphatic rings. The third-order valence-electron chi connectivity index (χ3n) is 2.88. The molecule has 2 rings (SSSR count). The van der Waals surface area contributed by atoms with Crippen molar-refractivity contribution in [3.63, 3.8) is 0 Å². The van der Waals surface area contributed by atoms with Crippen molar-refractivity contribution in [2.24, 2.45) is 0 Å². The number of fused-ring (bicyclic) bond motifs is 1. The first-order valence-electron chi connectivity index (χ1n) is 5.54. The third kappa shape index (κ3) is 2.66. The second kappa shape index (κ2) is 4.58. The Morgan fingerprint density at radius 2 is 2.07 bits per heavy atom. The van der Waals surface area contributed by atoms with Crippen LogP contribution in [0.2, 0.25) is 0 Å². The number of rotatable bonds is 2. The Morgan fingerprint density at radius 3 is 2.80 bits per heavy atom. The summed E-state index contributed by atoms with van der Waals surface area (Å²) in [7, 11) is 0. The fourth-order valence-electron chi connectivity index (χ4n) is 2.22. The molecule has 2 heteroatoms. The van der Waals surface area contributed by atoms with Gasteiger partial charge in [-0.3, -0.25) is 9.69 Å². The number of nitrogens with zero attached hydrogens (tertiary/aromatic N) is 1. The summed E-state index contributed by atoms with van der Waals surface area (Å²) in [4.78, 5) is 13.3. The normalized spacial score (nSPS) is 16.9. The number of ketones is 1. The van der Waals surface area contributed by atoms with Crippen molar-refractivity contribution in [3.05, 3.63) is 35.4 Å². The fraction of sp³-hybridized carbons (Fsp3) is 0.462. The molecule has 0 fully saturated rings. The van der Waals surface area contributed by atoms with Crippen LogP contribution in [-0.4, -0.2) is 23.8 Å². The van der Waals surface area contributed by atoms with Gasteiger partial charge >= 0.3 is 0 Å². The van der Waals surface area contributed by atoms with E-state index in [1.54, 1.807) is 6.92 Å². The first-order chi connectivity index (χ1) is 7.25. The van der Waals surface area contributed by atoms with Crippen molar-refractivity contribution in [3.8, 4) is 0 Å². The first-order valence-corrected chi connectivity index (χ1v) is 5.54. The average molecular weight is 203 g/mol. The van der Waals surface area contributed by atoms with Gasteiger partial charge in [-0.25, -0.2) is 0 Å². The van der Waals surface area contributed by atoms with Crippen LogP contribution in [0.15, 0.2) is 24.3 Å². The summed E-state index contributed by atoms with van der Waals surface area (Å²) in [5, 5.41) is 0. The quantitative estimate of drug-likeness (QED) is 0.733. The Labute approximate surface area is 90.9 Å². The maximum atomic E-state index is 11.1. The van der Waals surface area contributed by atoms with Gasteiger partial charge in [-0.05, 0) is 37.4 Å². The minimum absolute atomic E-state index is 0.259. The molecule has 0 spiro atoms. The molecule has 0 unspecified atom stereocenters. The Balaban J connectivity index is 2.13. The van der Waals surface area contributed by atoms with Crippen LogP contribution >= 0.6 is 0 Å². The number of Topliss-reactive ketones (excluding diaryl/α,β-unsaturated/α-hetero) is 1. The first kappa shape index (κ1) is 10.4. The highest BCUT2D eigenvalue weighted by Gasteiger charge is 2.14. The van der Waals surface area contributed by atoms with Crippen molar-refractivity contribution < 1.29 is 4.79 Å². The van der Waals surface area contributed by atoms with Crippen molar-refractivity contribution in [2.75, 3.05) is 13.1 Å². The standard InChI is InChI=1S/C13H17NO/c1-11(15)9-14-8-4-7-12-5-2-3-6-13(12)10-14/h2-3,5-6H,4,7-10H2,1H3. The summed E-state index contributed by atoms with van der Waals surface area (Å²) in [5.74, 6) is 0.259. The van der Waals surface area contributed by atoms with Crippen molar-refractivity contribution in [1.29, 1.82) is 0 Å². The van der Waals surface area contributed by atoms with E-state index < -0.39 is 0 Å². The molecule has 1 aromatic rings. The molecule has 0 N–H and O–H groups in total. The second-order valence-corrected chi connectivity index (χ2v) is 4.28. The SMILES string of the molecule is CC(=O)CN1CCCc2ccccc2C1. The zero-order valence-electron chi connectivity index (χ0n) is 9.20. The molecule has 0 atom stereocenters. The van der Waals surface area contributed by atoms with E-state index >= 15 is 0 Å². The number of carbonyl (C=O) groups excluding carboxylic acids is 1. The monoisotopic (exact) mass is 203 g/mol. The van der Waals surface area contributed by atoms with E-state index in [4.69, 9.17) is 0 Å². The summed E-state index contributed by atoms with van der Waals surface area (Å²) in [6, 6.07) is 8.55. The van der Waals surface area contributed by atoms with E-state index in [9.17, 15) is 4.79 Å². The van der Waals surface area contributed by atoms with Gasteiger partial charge < -0.3 is 0 Å². The molecule has 0 aromatic heterocycles. The van der Waals surface area contributed by atoms with Crippen molar-refractivity contribution in [2.45, 2.75) is 26.3 Å². The number of benzene rings is 1. The van der Waals surface area contributed by atoms with E-state index in [1.807, 2.05) is 0 Å². The van der Waals surface area contributed by atoms with Gasteiger partial charge in [0.15, 0.2) is 0 Å². The molecule has 15 heavy (non-hydrogen) atoms. The molecule has 0 bridgehead atoms. The van der Waals surface area contributed by atoms with Gasteiger partial charge in [0.05, 0.1) is 6.54 Å². The molecular formula is C13H17NO. The number of hydrogen-bond acceptors (Lipinski definition) is 2. The average Bonchev–Trinajstić information content (AvgIpc) is 2.38. The van der Waals surface area contributed by atoms with Crippen LogP contribution in [0, 0.1) is 0 Å². The van der Waals surface area contributed by atoms with Crippen LogP contribution in [0.1, 0.15) is 24.5 Å². The lowest BCUT2D eigenvalue weighted by Crippen LogP contribution is -2.28. The molecule has 80 valence electrons. The molecule has 0 saturated heterocycles. The van der Waals surface area contributed by atoms with Crippen molar-refractivity contribution in [1.82, 2.24) is 4.90 Å². The van der Waals surface area contributed by atoms with Gasteiger partial charge in [-0.15, -0.1) is 0 Å². The summed E-state index contributed by atoms with van der Waals surface area (Å²) >= 11 is 0. The van der Waals surface area contributed by atoms with Gasteiger partial charge in [-0.1, -0.05) is 24.3 Å². The topological polar surface area (TPSA) is 20.3 Å². The van der Waals surface area contributed by atoms with Crippen LogP contribution in [-0.2, 0) is 17.8 Å². The second-order valence-electron chi connectivity index (χ2n) is 4.28. The molecule has 0 radical (unpaired) electrons. The van der Waals surface area contributed by atoms with Gasteiger partial charge in [-0.2, -0.15) is 0 Å². The van der Waals surface area contributed by atoms with E-state index in [-0.39, 0.29) is 5.78 Å². The van der Waals surface area contributed by atoms with E-state index in [2.05, 4.69) is 29.2 Å². The number of hydrogen-bond donors (Lipinski definition) is 0. The third-order valence-corrected chi connectivity index (χ3v) is 2.88. The lowest BCUT2D eigenvalue weighted by atomic mass is 10.0. The largest absolute Gasteiger partial charge is 0.299 e. The van der Waals surface area contributed by atoms with Crippen LogP contribution in [0.3, 0.4) is 0 Å². The fourth-order valence-corrected chi connectivity index (χ4v) is 2.22. The molecular weight excluding hydrogens is 186 g/mol. The Hall–Kier alpha value is -1.15. The number of carbonyl (C=O) groups is 1. The predicted molar refractivity (Wildman–Crippen MR) is 60.7 cm³/mol. The summed E-state index contributed by atoms with van der Waals surface area (Å²) in [5.41, 5.74) is 2.83. The maximum Gasteiger partial charge on any atom is 0.143 e. The summed E-state index contributed by atoms with van der Waals surface area (Å²) < 4.78 is 0. The van der Waals surface area contributed by atoms with Crippen molar-refractivity contribution >= 4 is 5.78 Å². The minimum Gasteiger partial charge on any atom is -0.299 e. The predicted octanol–water partition coefficient (Wildman–Crippen LogP) is 2.02. The molecule has 0 amide bonds. The summed E-state index contributed by atoms with van der Waals surface area (Å²) in [6.45, 7) is 4.22. The number of aryl methyl sites for hydroxylation is 1. The van der Waals surface area contributed by atoms with Gasteiger partial charge in [0, 0.05) is 6.54 Å². The van der Waals surface area contributed by atoms with E-state index in [0.717, 1.165) is 25.9 Å². The maximum absolute atomic E-state index is 11.1. The van der Waals surface area contributed by atoms with Crippen LogP contribution < -0.4 is 0 Å². The highest BCUT2D eigenvalue weighted by Crippen LogP contribution is 2.17. The molecule has 1 heterocycles. The highest BCUT2D eigenvalue weighted by atomic mass is 16.1. The molecule has 2 nitrogen and oxygen atoms in total. The molecule has 1 aromatic carbocycles. The van der Waals surface area contributed by atoms with Crippen LogP contribution in [0.4, 0.5) is 0 Å². The van der Waals surface area contributed by atoms with Gasteiger partial charge in [0.1, 0.15) is 5.78 Å². The lowest BCUT2D eigenvalue weighted by molar-refractivity contribution is -0.118. The molecule has 0 saturated carbocycles. The Morgan fingerprint density at radius 1 is 1.33 bits per heavy atom. The van der Waals surface area contributed by atoms with Gasteiger partial charge in [0.25, 0.3) is 0 Å². The zero-order chi connectivity index (χ0) is 10.7. The summed E-state index contributed by atoms with van der Waals surface area (Å²) in [6.07, 6.45) is 2.30. The molecule has 1 aliphatic heterocycles. The van der Waals surface area contributed by atoms with Crippen LogP contribution in [0.25, 0.3) is 0 Å². The van der Waals surface area contributed by atoms with Gasteiger partial charge in [0.2, 0.25) is 0 Å². The van der Waals surface area contributed by atoms with E-state index in [1.165, 1.54) is 11.1 Å².